The molecule has 0 fully saturated rings. The molecule has 204 valence electrons. The third-order valence-electron chi connectivity index (χ3n) is 6.01. The summed E-state index contributed by atoms with van der Waals surface area (Å²) in [5.41, 5.74) is 1.72. The molecule has 13 heteroatoms. The Bertz CT molecular complexity index is 1750. The Hall–Kier alpha value is -4.88. The molecule has 4 amide bonds. The minimum absolute atomic E-state index is 0.0353. The van der Waals surface area contributed by atoms with Crippen LogP contribution < -0.4 is 5.32 Å². The topological polar surface area (TPSA) is 180 Å². The van der Waals surface area contributed by atoms with Gasteiger partial charge in [-0.1, -0.05) is 23.8 Å². The Morgan fingerprint density at radius 1 is 0.925 bits per heavy atom. The van der Waals surface area contributed by atoms with Gasteiger partial charge in [0.25, 0.3) is 33.7 Å². The molecule has 2 N–H and O–H groups in total. The van der Waals surface area contributed by atoms with Crippen LogP contribution in [0.25, 0.3) is 0 Å². The second-order valence-electron chi connectivity index (χ2n) is 9.02. The number of ketones is 1. The molecule has 0 saturated carbocycles. The number of nitrogens with one attached hydrogen (secondary N) is 1. The Kier molecular flexibility index (Phi) is 7.53. The highest BCUT2D eigenvalue weighted by molar-refractivity contribution is 7.85. The second kappa shape index (κ2) is 10.7. The predicted octanol–water partition coefficient (Wildman–Crippen LogP) is 3.67. The summed E-state index contributed by atoms with van der Waals surface area (Å²) in [6.07, 6.45) is 0. The number of amides is 4. The maximum Gasteiger partial charge on any atom is 0.294 e. The van der Waals surface area contributed by atoms with Gasteiger partial charge in [0.2, 0.25) is 6.04 Å². The molecule has 1 aliphatic rings. The van der Waals surface area contributed by atoms with Crippen LogP contribution in [-0.4, -0.2) is 53.3 Å². The van der Waals surface area contributed by atoms with E-state index in [1.807, 2.05) is 13.0 Å². The highest BCUT2D eigenvalue weighted by Crippen LogP contribution is 2.29. The van der Waals surface area contributed by atoms with Crippen molar-refractivity contribution in [1.29, 1.82) is 0 Å². The SMILES string of the molecule is CC(=O)C(N=Nc1ccc2c(c1)C(=O)N(C(=O)c1cccc(S(=O)(=O)O)c1)C2=O)C(=O)Nc1ccc(C)cc1C. The standard InChI is InChI=1S/C27H22N4O8S/c1-14-7-10-22(15(2)11-14)28-24(33)23(16(3)32)30-29-18-8-9-20-21(13-18)27(36)31(26(20)35)25(34)17-5-4-6-19(12-17)40(37,38)39/h4-13,23H,1-3H3,(H,28,33)(H,37,38,39). The maximum atomic E-state index is 13.0. The lowest BCUT2D eigenvalue weighted by Crippen LogP contribution is -2.36. The molecule has 1 heterocycles. The molecule has 1 aliphatic heterocycles. The monoisotopic (exact) mass is 562 g/mol. The van der Waals surface area contributed by atoms with E-state index in [1.165, 1.54) is 37.3 Å². The van der Waals surface area contributed by atoms with Crippen LogP contribution in [0.15, 0.2) is 75.8 Å². The van der Waals surface area contributed by atoms with Crippen molar-refractivity contribution in [3.8, 4) is 0 Å². The van der Waals surface area contributed by atoms with Crippen LogP contribution in [0.5, 0.6) is 0 Å². The van der Waals surface area contributed by atoms with Crippen molar-refractivity contribution in [1.82, 2.24) is 4.90 Å². The zero-order valence-corrected chi connectivity index (χ0v) is 22.2. The number of Topliss-reactive ketones (excluding diaryl/α,β-unsaturated/α-hetero) is 1. The summed E-state index contributed by atoms with van der Waals surface area (Å²) < 4.78 is 32.1. The maximum absolute atomic E-state index is 13.0. The zero-order chi connectivity index (χ0) is 29.4. The molecular formula is C27H22N4O8S. The molecular weight excluding hydrogens is 540 g/mol. The van der Waals surface area contributed by atoms with Crippen molar-refractivity contribution >= 4 is 50.9 Å². The molecule has 0 bridgehead atoms. The molecule has 0 saturated heterocycles. The Morgan fingerprint density at radius 2 is 1.62 bits per heavy atom. The summed E-state index contributed by atoms with van der Waals surface area (Å²) in [7, 11) is -4.63. The molecule has 0 spiro atoms. The van der Waals surface area contributed by atoms with Gasteiger partial charge in [0, 0.05) is 11.3 Å². The zero-order valence-electron chi connectivity index (χ0n) is 21.4. The van der Waals surface area contributed by atoms with Gasteiger partial charge in [0.1, 0.15) is 0 Å². The fraction of sp³-hybridized carbons (Fsp3) is 0.148. The van der Waals surface area contributed by atoms with Gasteiger partial charge in [-0.15, -0.1) is 0 Å². The third-order valence-corrected chi connectivity index (χ3v) is 6.86. The fourth-order valence-electron chi connectivity index (χ4n) is 3.99. The average Bonchev–Trinajstić information content (AvgIpc) is 3.14. The van der Waals surface area contributed by atoms with E-state index >= 15 is 0 Å². The number of anilines is 1. The number of benzene rings is 3. The molecule has 0 radical (unpaired) electrons. The van der Waals surface area contributed by atoms with E-state index in [4.69, 9.17) is 0 Å². The lowest BCUT2D eigenvalue weighted by atomic mass is 10.1. The molecule has 1 unspecified atom stereocenters. The minimum atomic E-state index is -4.63. The lowest BCUT2D eigenvalue weighted by Gasteiger charge is -2.12. The van der Waals surface area contributed by atoms with E-state index in [2.05, 4.69) is 15.5 Å². The number of carbonyl (C=O) groups is 5. The summed E-state index contributed by atoms with van der Waals surface area (Å²) in [5.74, 6) is -4.32. The van der Waals surface area contributed by atoms with Crippen LogP contribution in [0.2, 0.25) is 0 Å². The number of azo groups is 1. The molecule has 1 atom stereocenters. The van der Waals surface area contributed by atoms with Crippen molar-refractivity contribution < 1.29 is 36.9 Å². The summed E-state index contributed by atoms with van der Waals surface area (Å²) in [6, 6.07) is 11.9. The first-order valence-electron chi connectivity index (χ1n) is 11.7. The van der Waals surface area contributed by atoms with Crippen LogP contribution in [0, 0.1) is 13.8 Å². The van der Waals surface area contributed by atoms with E-state index in [0.29, 0.717) is 10.6 Å². The highest BCUT2D eigenvalue weighted by atomic mass is 32.2. The molecule has 0 aliphatic carbocycles. The Balaban J connectivity index is 1.57. The largest absolute Gasteiger partial charge is 0.324 e. The first-order chi connectivity index (χ1) is 18.8. The summed E-state index contributed by atoms with van der Waals surface area (Å²) in [5, 5.41) is 10.4. The van der Waals surface area contributed by atoms with E-state index in [0.717, 1.165) is 23.3 Å². The number of hydrogen-bond acceptors (Lipinski definition) is 9. The second-order valence-corrected chi connectivity index (χ2v) is 10.4. The van der Waals surface area contributed by atoms with E-state index in [9.17, 15) is 36.9 Å². The van der Waals surface area contributed by atoms with E-state index in [-0.39, 0.29) is 22.4 Å². The first-order valence-corrected chi connectivity index (χ1v) is 13.2. The number of fused-ring (bicyclic) bond motifs is 1. The van der Waals surface area contributed by atoms with Crippen molar-refractivity contribution in [3.63, 3.8) is 0 Å². The molecule has 0 aromatic heterocycles. The van der Waals surface area contributed by atoms with Gasteiger partial charge in [-0.3, -0.25) is 28.5 Å². The van der Waals surface area contributed by atoms with Crippen LogP contribution in [0.1, 0.15) is 49.1 Å². The summed E-state index contributed by atoms with van der Waals surface area (Å²) in [6.45, 7) is 4.88. The Morgan fingerprint density at radius 3 is 2.27 bits per heavy atom. The fourth-order valence-corrected chi connectivity index (χ4v) is 4.52. The molecule has 3 aromatic carbocycles. The molecule has 40 heavy (non-hydrogen) atoms. The number of rotatable bonds is 7. The van der Waals surface area contributed by atoms with Crippen molar-refractivity contribution in [2.75, 3.05) is 5.32 Å². The first kappa shape index (κ1) is 28.1. The lowest BCUT2D eigenvalue weighted by molar-refractivity contribution is -0.126. The number of imide groups is 3. The van der Waals surface area contributed by atoms with Crippen LogP contribution in [0.3, 0.4) is 0 Å². The smallest absolute Gasteiger partial charge is 0.294 e. The molecule has 12 nitrogen and oxygen atoms in total. The summed E-state index contributed by atoms with van der Waals surface area (Å²) in [4.78, 5) is 63.4. The van der Waals surface area contributed by atoms with Gasteiger partial charge in [-0.2, -0.15) is 18.6 Å². The van der Waals surface area contributed by atoms with Crippen LogP contribution in [-0.2, 0) is 19.7 Å². The van der Waals surface area contributed by atoms with Gasteiger partial charge in [0.05, 0.1) is 21.7 Å². The van der Waals surface area contributed by atoms with Crippen molar-refractivity contribution in [2.45, 2.75) is 31.7 Å². The van der Waals surface area contributed by atoms with Gasteiger partial charge in [-0.05, 0) is 68.8 Å². The normalized spacial score (nSPS) is 13.8. The van der Waals surface area contributed by atoms with Gasteiger partial charge >= 0.3 is 0 Å². The Labute approximate surface area is 228 Å². The van der Waals surface area contributed by atoms with Crippen LogP contribution >= 0.6 is 0 Å². The predicted molar refractivity (Wildman–Crippen MR) is 141 cm³/mol. The van der Waals surface area contributed by atoms with Gasteiger partial charge in [0.15, 0.2) is 5.78 Å². The van der Waals surface area contributed by atoms with Gasteiger partial charge in [-0.25, -0.2) is 4.90 Å². The quantitative estimate of drug-likeness (QED) is 0.189. The van der Waals surface area contributed by atoms with Crippen LogP contribution in [0.4, 0.5) is 11.4 Å². The van der Waals surface area contributed by atoms with E-state index in [1.54, 1.807) is 19.1 Å². The molecule has 4 rings (SSSR count). The summed E-state index contributed by atoms with van der Waals surface area (Å²) >= 11 is 0. The van der Waals surface area contributed by atoms with Crippen molar-refractivity contribution in [2.24, 2.45) is 10.2 Å². The number of carbonyl (C=O) groups excluding carboxylic acids is 5. The minimum Gasteiger partial charge on any atom is -0.324 e. The van der Waals surface area contributed by atoms with Crippen molar-refractivity contribution in [3.05, 3.63) is 88.5 Å². The number of hydrogen-bond donors (Lipinski definition) is 2. The number of aryl methyl sites for hydroxylation is 2. The average molecular weight is 563 g/mol. The highest BCUT2D eigenvalue weighted by Gasteiger charge is 2.40. The van der Waals surface area contributed by atoms with E-state index < -0.39 is 50.5 Å². The van der Waals surface area contributed by atoms with Gasteiger partial charge < -0.3 is 5.32 Å². The molecule has 3 aromatic rings. The third kappa shape index (κ3) is 5.60. The number of nitrogens with zero attached hydrogens (tertiary/aromatic N) is 3.